The quantitative estimate of drug-likeness (QED) is 0.562. The van der Waals surface area contributed by atoms with E-state index in [-0.39, 0.29) is 0 Å². The van der Waals surface area contributed by atoms with Gasteiger partial charge in [0.1, 0.15) is 0 Å². The first-order valence-electron chi connectivity index (χ1n) is 4.15. The molecule has 0 aliphatic carbocycles. The number of hydrogen-bond donors (Lipinski definition) is 1. The molecular weight excluding hydrogens is 134 g/mol. The van der Waals surface area contributed by atoms with Crippen LogP contribution in [-0.4, -0.2) is 0 Å². The molecule has 1 aliphatic heterocycles. The zero-order valence-corrected chi connectivity index (χ0v) is 7.94. The Morgan fingerprint density at radius 1 is 1.18 bits per heavy atom. The molecular formula is C10H18N. The predicted molar refractivity (Wildman–Crippen MR) is 50.9 cm³/mol. The van der Waals surface area contributed by atoms with E-state index in [0.29, 0.717) is 0 Å². The fourth-order valence-electron chi connectivity index (χ4n) is 0.592. The lowest BCUT2D eigenvalue weighted by Gasteiger charge is -2.08. The van der Waals surface area contributed by atoms with E-state index in [1.54, 1.807) is 0 Å². The molecule has 0 saturated carbocycles. The van der Waals surface area contributed by atoms with Crippen LogP contribution in [0.25, 0.3) is 0 Å². The van der Waals surface area contributed by atoms with Crippen LogP contribution in [0.4, 0.5) is 0 Å². The van der Waals surface area contributed by atoms with Crippen LogP contribution >= 0.6 is 0 Å². The zero-order valence-electron chi connectivity index (χ0n) is 7.94. The third kappa shape index (κ3) is 4.65. The summed E-state index contributed by atoms with van der Waals surface area (Å²) in [6.45, 7) is 10.4. The highest BCUT2D eigenvalue weighted by Crippen LogP contribution is 2.09. The molecule has 11 heavy (non-hydrogen) atoms. The van der Waals surface area contributed by atoms with E-state index in [1.165, 1.54) is 17.6 Å². The van der Waals surface area contributed by atoms with Crippen LogP contribution in [0.3, 0.4) is 0 Å². The Bertz CT molecular complexity index is 154. The Hall–Kier alpha value is -0.720. The molecule has 0 aromatic heterocycles. The van der Waals surface area contributed by atoms with Gasteiger partial charge >= 0.3 is 0 Å². The lowest BCUT2D eigenvalue weighted by atomic mass is 10.1. The van der Waals surface area contributed by atoms with Crippen LogP contribution in [0.1, 0.15) is 34.1 Å². The fraction of sp³-hybridized carbons (Fsp3) is 0.500. The van der Waals surface area contributed by atoms with Crippen molar-refractivity contribution in [3.63, 3.8) is 0 Å². The Labute approximate surface area is 70.2 Å². The van der Waals surface area contributed by atoms with Gasteiger partial charge in [0, 0.05) is 0 Å². The Kier molecular flexibility index (Phi) is 5.63. The third-order valence-electron chi connectivity index (χ3n) is 1.35. The summed E-state index contributed by atoms with van der Waals surface area (Å²) < 4.78 is 0. The minimum absolute atomic E-state index is 1.25. The molecule has 0 saturated heterocycles. The highest BCUT2D eigenvalue weighted by Gasteiger charge is 1.95. The van der Waals surface area contributed by atoms with E-state index in [1.807, 2.05) is 12.7 Å². The third-order valence-corrected chi connectivity index (χ3v) is 1.35. The molecule has 0 unspecified atom stereocenters. The maximum absolute atomic E-state index is 3.00. The number of dihydropyridines is 1. The normalized spacial score (nSPS) is 15.3. The van der Waals surface area contributed by atoms with E-state index in [2.05, 4.69) is 39.1 Å². The van der Waals surface area contributed by atoms with Gasteiger partial charge in [-0.05, 0) is 37.3 Å². The molecule has 1 rings (SSSR count). The van der Waals surface area contributed by atoms with Gasteiger partial charge < -0.3 is 5.32 Å². The van der Waals surface area contributed by atoms with Crippen molar-refractivity contribution in [3.8, 4) is 0 Å². The van der Waals surface area contributed by atoms with Crippen molar-refractivity contribution >= 4 is 0 Å². The number of allylic oxidation sites excluding steroid dienone is 2. The van der Waals surface area contributed by atoms with Crippen molar-refractivity contribution in [2.75, 3.05) is 0 Å². The molecule has 0 bridgehead atoms. The molecule has 1 aliphatic rings. The maximum Gasteiger partial charge on any atom is 0.0711 e. The van der Waals surface area contributed by atoms with Crippen LogP contribution in [0, 0.1) is 6.54 Å². The van der Waals surface area contributed by atoms with Crippen molar-refractivity contribution in [2.24, 2.45) is 0 Å². The average Bonchev–Trinajstić information content (AvgIpc) is 1.97. The van der Waals surface area contributed by atoms with Crippen molar-refractivity contribution in [1.82, 2.24) is 5.32 Å². The molecule has 1 heterocycles. The summed E-state index contributed by atoms with van der Waals surface area (Å²) in [5.74, 6) is 0. The SMILES string of the molecule is CC1=C(C)C=CN[CH]1.CCC. The van der Waals surface area contributed by atoms with Gasteiger partial charge in [-0.2, -0.15) is 0 Å². The average molecular weight is 152 g/mol. The van der Waals surface area contributed by atoms with Crippen LogP contribution in [-0.2, 0) is 0 Å². The van der Waals surface area contributed by atoms with Gasteiger partial charge in [0.05, 0.1) is 6.54 Å². The lowest BCUT2D eigenvalue weighted by molar-refractivity contribution is 1.02. The van der Waals surface area contributed by atoms with Gasteiger partial charge in [-0.15, -0.1) is 0 Å². The number of nitrogens with one attached hydrogen (secondary N) is 1. The van der Waals surface area contributed by atoms with E-state index in [4.69, 9.17) is 0 Å². The summed E-state index contributed by atoms with van der Waals surface area (Å²) in [6, 6.07) is 0. The summed E-state index contributed by atoms with van der Waals surface area (Å²) >= 11 is 0. The van der Waals surface area contributed by atoms with Crippen LogP contribution in [0.2, 0.25) is 0 Å². The molecule has 0 aromatic carbocycles. The van der Waals surface area contributed by atoms with Gasteiger partial charge in [0.25, 0.3) is 0 Å². The molecule has 0 spiro atoms. The second-order valence-corrected chi connectivity index (χ2v) is 2.72. The molecule has 1 heteroatoms. The highest BCUT2D eigenvalue weighted by atomic mass is 14.8. The predicted octanol–water partition coefficient (Wildman–Crippen LogP) is 3.02. The van der Waals surface area contributed by atoms with Gasteiger partial charge in [-0.3, -0.25) is 0 Å². The smallest absolute Gasteiger partial charge is 0.0711 e. The fourth-order valence-corrected chi connectivity index (χ4v) is 0.592. The minimum atomic E-state index is 1.25. The molecule has 1 radical (unpaired) electrons. The summed E-state index contributed by atoms with van der Waals surface area (Å²) in [4.78, 5) is 0. The van der Waals surface area contributed by atoms with Gasteiger partial charge in [0.2, 0.25) is 0 Å². The molecule has 0 amide bonds. The minimum Gasteiger partial charge on any atom is -0.382 e. The lowest BCUT2D eigenvalue weighted by Crippen LogP contribution is -2.05. The first kappa shape index (κ1) is 10.3. The van der Waals surface area contributed by atoms with Crippen LogP contribution < -0.4 is 5.32 Å². The number of hydrogen-bond acceptors (Lipinski definition) is 1. The van der Waals surface area contributed by atoms with E-state index in [9.17, 15) is 0 Å². The summed E-state index contributed by atoms with van der Waals surface area (Å²) in [6.07, 6.45) is 5.25. The molecule has 0 aromatic rings. The summed E-state index contributed by atoms with van der Waals surface area (Å²) in [5, 5.41) is 3.00. The highest BCUT2D eigenvalue weighted by molar-refractivity contribution is 5.30. The number of rotatable bonds is 0. The van der Waals surface area contributed by atoms with Crippen LogP contribution in [0.15, 0.2) is 23.4 Å². The standard InChI is InChI=1S/C7H10N.C3H8/c1-6-3-4-8-5-7(6)2;1-3-2/h3-5,8H,1-2H3;3H2,1-2H3. The Morgan fingerprint density at radius 3 is 2.00 bits per heavy atom. The first-order valence-corrected chi connectivity index (χ1v) is 4.15. The van der Waals surface area contributed by atoms with Crippen molar-refractivity contribution in [1.29, 1.82) is 0 Å². The zero-order chi connectivity index (χ0) is 8.69. The molecule has 1 nitrogen and oxygen atoms in total. The Balaban J connectivity index is 0.000000292. The topological polar surface area (TPSA) is 12.0 Å². The summed E-state index contributed by atoms with van der Waals surface area (Å²) in [7, 11) is 0. The molecule has 63 valence electrons. The Morgan fingerprint density at radius 2 is 1.73 bits per heavy atom. The van der Waals surface area contributed by atoms with E-state index in [0.717, 1.165) is 0 Å². The van der Waals surface area contributed by atoms with Gasteiger partial charge in [-0.1, -0.05) is 20.3 Å². The molecule has 0 fully saturated rings. The van der Waals surface area contributed by atoms with Gasteiger partial charge in [0.15, 0.2) is 0 Å². The van der Waals surface area contributed by atoms with Crippen molar-refractivity contribution in [3.05, 3.63) is 30.0 Å². The largest absolute Gasteiger partial charge is 0.382 e. The van der Waals surface area contributed by atoms with Gasteiger partial charge in [-0.25, -0.2) is 0 Å². The first-order chi connectivity index (χ1) is 5.22. The monoisotopic (exact) mass is 152 g/mol. The van der Waals surface area contributed by atoms with E-state index >= 15 is 0 Å². The van der Waals surface area contributed by atoms with Crippen molar-refractivity contribution in [2.45, 2.75) is 34.1 Å². The molecule has 0 atom stereocenters. The maximum atomic E-state index is 3.00. The van der Waals surface area contributed by atoms with E-state index < -0.39 is 0 Å². The second-order valence-electron chi connectivity index (χ2n) is 2.72. The molecule has 1 N–H and O–H groups in total. The second kappa shape index (κ2) is 6.02. The van der Waals surface area contributed by atoms with Crippen molar-refractivity contribution < 1.29 is 0 Å². The summed E-state index contributed by atoms with van der Waals surface area (Å²) in [5.41, 5.74) is 2.65. The van der Waals surface area contributed by atoms with Crippen LogP contribution in [0.5, 0.6) is 0 Å².